The molecule has 0 aliphatic carbocycles. The van der Waals surface area contributed by atoms with E-state index in [2.05, 4.69) is 0 Å². The summed E-state index contributed by atoms with van der Waals surface area (Å²) in [6, 6.07) is 4.74. The van der Waals surface area contributed by atoms with Gasteiger partial charge in [0.1, 0.15) is 5.75 Å². The molecule has 2 atom stereocenters. The monoisotopic (exact) mass is 244 g/mol. The van der Waals surface area contributed by atoms with Gasteiger partial charge >= 0.3 is 5.97 Å². The highest BCUT2D eigenvalue weighted by Crippen LogP contribution is 2.28. The molecule has 1 unspecified atom stereocenters. The average molecular weight is 245 g/mol. The molecule has 0 radical (unpaired) electrons. The minimum absolute atomic E-state index is 0.284. The normalized spacial score (nSPS) is 14.2. The lowest BCUT2D eigenvalue weighted by Crippen LogP contribution is -2.23. The quantitative estimate of drug-likeness (QED) is 0.853. The minimum Gasteiger partial charge on any atom is -0.479 e. The van der Waals surface area contributed by atoms with E-state index in [1.807, 2.05) is 0 Å². The van der Waals surface area contributed by atoms with Gasteiger partial charge in [-0.25, -0.2) is 4.79 Å². The Morgan fingerprint density at radius 2 is 2.06 bits per heavy atom. The summed E-state index contributed by atoms with van der Waals surface area (Å²) in [5, 5.41) is 18.3. The summed E-state index contributed by atoms with van der Waals surface area (Å²) in [5.41, 5.74) is 0.653. The zero-order chi connectivity index (χ0) is 12.3. The average Bonchev–Trinajstić information content (AvgIpc) is 2.20. The van der Waals surface area contributed by atoms with Crippen LogP contribution < -0.4 is 4.74 Å². The third-order valence-electron chi connectivity index (χ3n) is 2.09. The van der Waals surface area contributed by atoms with E-state index in [0.29, 0.717) is 11.3 Å². The molecule has 5 heteroatoms. The molecule has 0 aromatic heterocycles. The summed E-state index contributed by atoms with van der Waals surface area (Å²) >= 11 is 5.89. The number of benzene rings is 1. The molecule has 0 aliphatic heterocycles. The molecule has 88 valence electrons. The Bertz CT molecular complexity index is 390. The van der Waals surface area contributed by atoms with Crippen molar-refractivity contribution in [3.63, 3.8) is 0 Å². The molecule has 0 bridgehead atoms. The van der Waals surface area contributed by atoms with Crippen molar-refractivity contribution in [1.29, 1.82) is 0 Å². The number of hydrogen-bond donors (Lipinski definition) is 2. The fourth-order valence-electron chi connectivity index (χ4n) is 1.11. The van der Waals surface area contributed by atoms with Gasteiger partial charge in [-0.2, -0.15) is 0 Å². The molecule has 16 heavy (non-hydrogen) atoms. The van der Waals surface area contributed by atoms with Gasteiger partial charge in [-0.1, -0.05) is 17.7 Å². The lowest BCUT2D eigenvalue weighted by atomic mass is 10.1. The third kappa shape index (κ3) is 3.12. The van der Waals surface area contributed by atoms with E-state index < -0.39 is 18.2 Å². The summed E-state index contributed by atoms with van der Waals surface area (Å²) in [5.74, 6) is -0.767. The molecule has 0 saturated heterocycles. The minimum atomic E-state index is -1.06. The second-order valence-electron chi connectivity index (χ2n) is 3.46. The van der Waals surface area contributed by atoms with Gasteiger partial charge in [0.15, 0.2) is 6.10 Å². The van der Waals surface area contributed by atoms with Gasteiger partial charge in [0.05, 0.1) is 11.1 Å². The number of ether oxygens (including phenoxy) is 1. The first-order chi connectivity index (χ1) is 7.41. The number of aliphatic carboxylic acids is 1. The number of carboxylic acid groups (broad SMARTS) is 1. The van der Waals surface area contributed by atoms with Crippen molar-refractivity contribution in [1.82, 2.24) is 0 Å². The Morgan fingerprint density at radius 3 is 2.50 bits per heavy atom. The zero-order valence-electron chi connectivity index (χ0n) is 8.98. The molecule has 2 N–H and O–H groups in total. The zero-order valence-corrected chi connectivity index (χ0v) is 9.73. The number of hydrogen-bond acceptors (Lipinski definition) is 3. The van der Waals surface area contributed by atoms with E-state index in [1.165, 1.54) is 6.92 Å². The molecule has 0 fully saturated rings. The van der Waals surface area contributed by atoms with Crippen LogP contribution in [0.15, 0.2) is 18.2 Å². The molecule has 0 amide bonds. The van der Waals surface area contributed by atoms with Crippen molar-refractivity contribution in [2.75, 3.05) is 0 Å². The van der Waals surface area contributed by atoms with Gasteiger partial charge in [-0.05, 0) is 31.5 Å². The maximum absolute atomic E-state index is 10.6. The highest BCUT2D eigenvalue weighted by molar-refractivity contribution is 6.32. The molecule has 1 rings (SSSR count). The Hall–Kier alpha value is -1.26. The van der Waals surface area contributed by atoms with Crippen LogP contribution in [0, 0.1) is 0 Å². The van der Waals surface area contributed by atoms with Crippen molar-refractivity contribution in [2.45, 2.75) is 26.1 Å². The predicted molar refractivity (Wildman–Crippen MR) is 59.8 cm³/mol. The van der Waals surface area contributed by atoms with E-state index in [9.17, 15) is 9.90 Å². The summed E-state index contributed by atoms with van der Waals surface area (Å²) in [4.78, 5) is 10.6. The molecular formula is C11H13ClO4. The number of aliphatic hydroxyl groups is 1. The number of carbonyl (C=O) groups is 1. The summed E-state index contributed by atoms with van der Waals surface area (Å²) in [6.45, 7) is 3.04. The second kappa shape index (κ2) is 5.18. The molecule has 0 saturated carbocycles. The van der Waals surface area contributed by atoms with Crippen LogP contribution in [0.5, 0.6) is 5.75 Å². The predicted octanol–water partition coefficient (Wildman–Crippen LogP) is 2.25. The lowest BCUT2D eigenvalue weighted by Gasteiger charge is -2.13. The Morgan fingerprint density at radius 1 is 1.44 bits per heavy atom. The smallest absolute Gasteiger partial charge is 0.344 e. The number of halogens is 1. The second-order valence-corrected chi connectivity index (χ2v) is 3.87. The van der Waals surface area contributed by atoms with Crippen molar-refractivity contribution in [2.24, 2.45) is 0 Å². The van der Waals surface area contributed by atoms with E-state index in [0.717, 1.165) is 0 Å². The molecule has 4 nitrogen and oxygen atoms in total. The Labute approximate surface area is 98.4 Å². The van der Waals surface area contributed by atoms with Crippen LogP contribution >= 0.6 is 11.6 Å². The van der Waals surface area contributed by atoms with Crippen LogP contribution in [0.1, 0.15) is 25.5 Å². The van der Waals surface area contributed by atoms with E-state index in [4.69, 9.17) is 21.4 Å². The van der Waals surface area contributed by atoms with E-state index in [-0.39, 0.29) is 5.02 Å². The van der Waals surface area contributed by atoms with Crippen LogP contribution in [-0.4, -0.2) is 22.3 Å². The van der Waals surface area contributed by atoms with Crippen molar-refractivity contribution < 1.29 is 19.7 Å². The van der Waals surface area contributed by atoms with Crippen LogP contribution in [0.3, 0.4) is 0 Å². The first-order valence-corrected chi connectivity index (χ1v) is 5.16. The molecular weight excluding hydrogens is 232 g/mol. The van der Waals surface area contributed by atoms with Gasteiger partial charge < -0.3 is 14.9 Å². The van der Waals surface area contributed by atoms with Gasteiger partial charge in [-0.3, -0.25) is 0 Å². The fourth-order valence-corrected chi connectivity index (χ4v) is 1.35. The highest BCUT2D eigenvalue weighted by atomic mass is 35.5. The molecule has 0 heterocycles. The molecule has 0 spiro atoms. The first-order valence-electron chi connectivity index (χ1n) is 4.78. The van der Waals surface area contributed by atoms with Crippen molar-refractivity contribution in [3.8, 4) is 5.75 Å². The Balaban J connectivity index is 2.87. The maximum Gasteiger partial charge on any atom is 0.344 e. The van der Waals surface area contributed by atoms with Gasteiger partial charge in [0.2, 0.25) is 0 Å². The van der Waals surface area contributed by atoms with E-state index in [1.54, 1.807) is 25.1 Å². The number of aliphatic hydroxyl groups excluding tert-OH is 1. The number of carboxylic acids is 1. The lowest BCUT2D eigenvalue weighted by molar-refractivity contribution is -0.144. The highest BCUT2D eigenvalue weighted by Gasteiger charge is 2.15. The van der Waals surface area contributed by atoms with Gasteiger partial charge in [0, 0.05) is 0 Å². The summed E-state index contributed by atoms with van der Waals surface area (Å²) < 4.78 is 5.13. The van der Waals surface area contributed by atoms with Crippen LogP contribution in [0.4, 0.5) is 0 Å². The SMILES string of the molecule is CC(Oc1ccc([C@@H](C)O)cc1Cl)C(=O)O. The molecule has 0 aliphatic rings. The van der Waals surface area contributed by atoms with Crippen molar-refractivity contribution >= 4 is 17.6 Å². The number of rotatable bonds is 4. The molecule has 1 aromatic rings. The van der Waals surface area contributed by atoms with Crippen LogP contribution in [0.25, 0.3) is 0 Å². The topological polar surface area (TPSA) is 66.8 Å². The standard InChI is InChI=1S/C11H13ClO4/c1-6(13)8-3-4-10(9(12)5-8)16-7(2)11(14)15/h3-7,13H,1-2H3,(H,14,15)/t6-,7?/m1/s1. The summed E-state index contributed by atoms with van der Waals surface area (Å²) in [6.07, 6.45) is -1.58. The summed E-state index contributed by atoms with van der Waals surface area (Å²) in [7, 11) is 0. The third-order valence-corrected chi connectivity index (χ3v) is 2.39. The largest absolute Gasteiger partial charge is 0.479 e. The van der Waals surface area contributed by atoms with Crippen molar-refractivity contribution in [3.05, 3.63) is 28.8 Å². The molecule has 1 aromatic carbocycles. The van der Waals surface area contributed by atoms with Crippen LogP contribution in [-0.2, 0) is 4.79 Å². The maximum atomic E-state index is 10.6. The fraction of sp³-hybridized carbons (Fsp3) is 0.364. The van der Waals surface area contributed by atoms with Gasteiger partial charge in [0.25, 0.3) is 0 Å². The first kappa shape index (κ1) is 12.8. The van der Waals surface area contributed by atoms with Gasteiger partial charge in [-0.15, -0.1) is 0 Å². The van der Waals surface area contributed by atoms with Crippen LogP contribution in [0.2, 0.25) is 5.02 Å². The Kier molecular flexibility index (Phi) is 4.15. The van der Waals surface area contributed by atoms with E-state index >= 15 is 0 Å².